The molecule has 2 aromatic rings. The van der Waals surface area contributed by atoms with Crippen LogP contribution in [0.15, 0.2) is 48.5 Å². The van der Waals surface area contributed by atoms with Crippen LogP contribution >= 0.6 is 0 Å². The van der Waals surface area contributed by atoms with Gasteiger partial charge in [0.15, 0.2) is 6.10 Å². The summed E-state index contributed by atoms with van der Waals surface area (Å²) in [6.45, 7) is 2.92. The monoisotopic (exact) mass is 406 g/mol. The minimum atomic E-state index is -1.03. The number of carbonyl (C=O) groups is 4. The van der Waals surface area contributed by atoms with Crippen LogP contribution in [0.3, 0.4) is 0 Å². The van der Waals surface area contributed by atoms with Crippen LogP contribution in [0.25, 0.3) is 0 Å². The van der Waals surface area contributed by atoms with Gasteiger partial charge in [0.05, 0.1) is 6.42 Å². The Morgan fingerprint density at radius 1 is 1.07 bits per heavy atom. The standard InChI is InChI=1S/C23H22N2O5/c1-14-11-17-8-4-6-10-19(17)25(14)22(28)15(2)30-21(27)13-24-20(26)12-16-7-3-5-9-18(16)23(24)29/h3-10,14-15H,11-13H2,1-2H3/t14-,15-/m0/s1. The zero-order chi connectivity index (χ0) is 21.4. The first-order valence-corrected chi connectivity index (χ1v) is 9.90. The molecule has 7 nitrogen and oxygen atoms in total. The fourth-order valence-electron chi connectivity index (χ4n) is 4.07. The second-order valence-corrected chi connectivity index (χ2v) is 7.64. The number of para-hydroxylation sites is 1. The highest BCUT2D eigenvalue weighted by molar-refractivity contribution is 6.11. The number of carbonyl (C=O) groups excluding carboxylic acids is 4. The minimum Gasteiger partial charge on any atom is -0.451 e. The van der Waals surface area contributed by atoms with E-state index in [0.717, 1.165) is 22.6 Å². The molecule has 154 valence electrons. The molecule has 3 amide bonds. The molecule has 0 bridgehead atoms. The van der Waals surface area contributed by atoms with E-state index in [1.165, 1.54) is 6.92 Å². The average Bonchev–Trinajstić information content (AvgIpc) is 3.06. The van der Waals surface area contributed by atoms with Crippen molar-refractivity contribution in [3.8, 4) is 0 Å². The number of fused-ring (bicyclic) bond motifs is 2. The highest BCUT2D eigenvalue weighted by Crippen LogP contribution is 2.32. The highest BCUT2D eigenvalue weighted by Gasteiger charge is 2.36. The lowest BCUT2D eigenvalue weighted by atomic mass is 9.98. The number of amides is 3. The van der Waals surface area contributed by atoms with E-state index in [0.29, 0.717) is 11.1 Å². The molecule has 2 aliphatic heterocycles. The van der Waals surface area contributed by atoms with Crippen LogP contribution < -0.4 is 4.90 Å². The third-order valence-corrected chi connectivity index (χ3v) is 5.52. The number of esters is 1. The number of imide groups is 1. The van der Waals surface area contributed by atoms with E-state index in [9.17, 15) is 19.2 Å². The summed E-state index contributed by atoms with van der Waals surface area (Å²) in [5, 5.41) is 0. The molecule has 4 rings (SSSR count). The SMILES string of the molecule is C[C@H](OC(=O)CN1C(=O)Cc2ccccc2C1=O)C(=O)N1c2ccccc2C[C@@H]1C. The lowest BCUT2D eigenvalue weighted by Crippen LogP contribution is -2.47. The Labute approximate surface area is 174 Å². The van der Waals surface area contributed by atoms with Gasteiger partial charge in [-0.05, 0) is 43.5 Å². The summed E-state index contributed by atoms with van der Waals surface area (Å²) < 4.78 is 5.30. The Balaban J connectivity index is 1.43. The molecule has 0 saturated carbocycles. The maximum absolute atomic E-state index is 12.9. The summed E-state index contributed by atoms with van der Waals surface area (Å²) in [6.07, 6.45) is -0.252. The van der Waals surface area contributed by atoms with E-state index in [-0.39, 0.29) is 18.4 Å². The van der Waals surface area contributed by atoms with Gasteiger partial charge in [-0.1, -0.05) is 36.4 Å². The Morgan fingerprint density at radius 3 is 2.50 bits per heavy atom. The number of anilines is 1. The van der Waals surface area contributed by atoms with Gasteiger partial charge in [-0.15, -0.1) is 0 Å². The van der Waals surface area contributed by atoms with Crippen molar-refractivity contribution < 1.29 is 23.9 Å². The summed E-state index contributed by atoms with van der Waals surface area (Å²) in [5.41, 5.74) is 2.93. The molecule has 0 saturated heterocycles. The molecule has 2 heterocycles. The van der Waals surface area contributed by atoms with Crippen molar-refractivity contribution in [2.75, 3.05) is 11.4 Å². The van der Waals surface area contributed by atoms with Crippen LogP contribution in [0.4, 0.5) is 5.69 Å². The molecule has 2 atom stereocenters. The van der Waals surface area contributed by atoms with E-state index in [1.54, 1.807) is 29.2 Å². The number of ether oxygens (including phenoxy) is 1. The maximum Gasteiger partial charge on any atom is 0.326 e. The van der Waals surface area contributed by atoms with Gasteiger partial charge in [-0.2, -0.15) is 0 Å². The molecule has 0 spiro atoms. The molecule has 0 radical (unpaired) electrons. The maximum atomic E-state index is 12.9. The molecular weight excluding hydrogens is 384 g/mol. The Bertz CT molecular complexity index is 1050. The van der Waals surface area contributed by atoms with Crippen LogP contribution in [-0.2, 0) is 32.0 Å². The van der Waals surface area contributed by atoms with Crippen molar-refractivity contribution in [1.29, 1.82) is 0 Å². The quantitative estimate of drug-likeness (QED) is 0.574. The summed E-state index contributed by atoms with van der Waals surface area (Å²) in [5.74, 6) is -2.11. The Hall–Kier alpha value is -3.48. The van der Waals surface area contributed by atoms with Gasteiger partial charge < -0.3 is 9.64 Å². The van der Waals surface area contributed by atoms with Gasteiger partial charge in [-0.3, -0.25) is 24.1 Å². The van der Waals surface area contributed by atoms with Crippen LogP contribution in [0.1, 0.15) is 35.3 Å². The molecule has 0 fully saturated rings. The first kappa shape index (κ1) is 19.8. The summed E-state index contributed by atoms with van der Waals surface area (Å²) in [7, 11) is 0. The first-order valence-electron chi connectivity index (χ1n) is 9.90. The summed E-state index contributed by atoms with van der Waals surface area (Å²) in [6, 6.07) is 14.4. The van der Waals surface area contributed by atoms with E-state index in [4.69, 9.17) is 4.74 Å². The fraction of sp³-hybridized carbons (Fsp3) is 0.304. The topological polar surface area (TPSA) is 84.0 Å². The van der Waals surface area contributed by atoms with Gasteiger partial charge in [0.1, 0.15) is 6.54 Å². The molecule has 0 N–H and O–H groups in total. The second-order valence-electron chi connectivity index (χ2n) is 7.64. The van der Waals surface area contributed by atoms with Crippen molar-refractivity contribution in [1.82, 2.24) is 4.90 Å². The lowest BCUT2D eigenvalue weighted by Gasteiger charge is -2.28. The van der Waals surface area contributed by atoms with Crippen LogP contribution in [0.2, 0.25) is 0 Å². The first-order chi connectivity index (χ1) is 14.4. The molecule has 2 aliphatic rings. The van der Waals surface area contributed by atoms with Crippen molar-refractivity contribution in [2.24, 2.45) is 0 Å². The molecule has 30 heavy (non-hydrogen) atoms. The zero-order valence-corrected chi connectivity index (χ0v) is 16.8. The van der Waals surface area contributed by atoms with Crippen molar-refractivity contribution >= 4 is 29.4 Å². The Morgan fingerprint density at radius 2 is 1.73 bits per heavy atom. The van der Waals surface area contributed by atoms with Gasteiger partial charge in [0.25, 0.3) is 11.8 Å². The number of hydrogen-bond acceptors (Lipinski definition) is 5. The van der Waals surface area contributed by atoms with Crippen molar-refractivity contribution in [2.45, 2.75) is 38.8 Å². The summed E-state index contributed by atoms with van der Waals surface area (Å²) >= 11 is 0. The van der Waals surface area contributed by atoms with Crippen LogP contribution in [0.5, 0.6) is 0 Å². The number of rotatable bonds is 4. The predicted octanol–water partition coefficient (Wildman–Crippen LogP) is 2.12. The van der Waals surface area contributed by atoms with E-state index < -0.39 is 30.4 Å². The predicted molar refractivity (Wildman–Crippen MR) is 109 cm³/mol. The van der Waals surface area contributed by atoms with Gasteiger partial charge in [0, 0.05) is 17.3 Å². The molecule has 0 unspecified atom stereocenters. The molecule has 0 aliphatic carbocycles. The largest absolute Gasteiger partial charge is 0.451 e. The van der Waals surface area contributed by atoms with Gasteiger partial charge in [-0.25, -0.2) is 0 Å². The third kappa shape index (κ3) is 3.47. The van der Waals surface area contributed by atoms with Gasteiger partial charge >= 0.3 is 5.97 Å². The normalized spacial score (nSPS) is 18.7. The number of hydrogen-bond donors (Lipinski definition) is 0. The van der Waals surface area contributed by atoms with Crippen LogP contribution in [0, 0.1) is 0 Å². The smallest absolute Gasteiger partial charge is 0.326 e. The summed E-state index contributed by atoms with van der Waals surface area (Å²) in [4.78, 5) is 52.8. The average molecular weight is 406 g/mol. The van der Waals surface area contributed by atoms with Crippen molar-refractivity contribution in [3.63, 3.8) is 0 Å². The fourth-order valence-corrected chi connectivity index (χ4v) is 4.07. The third-order valence-electron chi connectivity index (χ3n) is 5.52. The lowest BCUT2D eigenvalue weighted by molar-refractivity contribution is -0.156. The number of nitrogens with zero attached hydrogens (tertiary/aromatic N) is 2. The molecule has 2 aromatic carbocycles. The second kappa shape index (κ2) is 7.74. The Kier molecular flexibility index (Phi) is 5.11. The zero-order valence-electron chi connectivity index (χ0n) is 16.8. The van der Waals surface area contributed by atoms with E-state index in [2.05, 4.69) is 0 Å². The minimum absolute atomic E-state index is 0.0437. The van der Waals surface area contributed by atoms with Gasteiger partial charge in [0.2, 0.25) is 5.91 Å². The van der Waals surface area contributed by atoms with E-state index in [1.807, 2.05) is 31.2 Å². The van der Waals surface area contributed by atoms with E-state index >= 15 is 0 Å². The highest BCUT2D eigenvalue weighted by atomic mass is 16.5. The molecule has 0 aromatic heterocycles. The number of benzene rings is 2. The molecule has 7 heteroatoms. The van der Waals surface area contributed by atoms with Crippen molar-refractivity contribution in [3.05, 3.63) is 65.2 Å². The van der Waals surface area contributed by atoms with Crippen LogP contribution in [-0.4, -0.2) is 47.3 Å². The molecular formula is C23H22N2O5.